The predicted molar refractivity (Wildman–Crippen MR) is 116 cm³/mol. The zero-order chi connectivity index (χ0) is 20.2. The fourth-order valence-corrected chi connectivity index (χ4v) is 4.08. The second-order valence-corrected chi connectivity index (χ2v) is 7.77. The van der Waals surface area contributed by atoms with Gasteiger partial charge in [-0.2, -0.15) is 0 Å². The maximum Gasteiger partial charge on any atom is 0.213 e. The zero-order valence-electron chi connectivity index (χ0n) is 16.6. The molecule has 0 bridgehead atoms. The van der Waals surface area contributed by atoms with E-state index in [2.05, 4.69) is 30.0 Å². The van der Waals surface area contributed by atoms with Gasteiger partial charge in [-0.1, -0.05) is 60.1 Å². The van der Waals surface area contributed by atoms with E-state index in [0.29, 0.717) is 19.0 Å². The summed E-state index contributed by atoms with van der Waals surface area (Å²) >= 11 is 6.72. The van der Waals surface area contributed by atoms with Crippen LogP contribution in [-0.4, -0.2) is 34.7 Å². The number of β-amino-alcohol motifs (C(OH)–C–C–N with tert-alkyl or cyclic N) is 1. The molecule has 0 spiro atoms. The van der Waals surface area contributed by atoms with Crippen molar-refractivity contribution in [1.29, 1.82) is 0 Å². The van der Waals surface area contributed by atoms with Crippen molar-refractivity contribution < 1.29 is 9.84 Å². The summed E-state index contributed by atoms with van der Waals surface area (Å²) in [7, 11) is 0. The van der Waals surface area contributed by atoms with E-state index in [4.69, 9.17) is 26.4 Å². The first kappa shape index (κ1) is 19.9. The van der Waals surface area contributed by atoms with Crippen molar-refractivity contribution in [3.8, 4) is 17.0 Å². The lowest BCUT2D eigenvalue weighted by atomic mass is 9.99. The normalized spacial score (nSPS) is 13.9. The minimum absolute atomic E-state index is 0.187. The van der Waals surface area contributed by atoms with Crippen LogP contribution in [0.5, 0.6) is 5.88 Å². The van der Waals surface area contributed by atoms with E-state index in [1.54, 1.807) is 0 Å². The van der Waals surface area contributed by atoms with Crippen LogP contribution in [0.2, 0.25) is 5.02 Å². The summed E-state index contributed by atoms with van der Waals surface area (Å²) < 4.78 is 5.99. The SMILES string of the molecule is Cc1ccccc1-c1cccc(COc2ccc3c(n2)CCN(CCO)C3)c1Cl. The van der Waals surface area contributed by atoms with Gasteiger partial charge in [-0.15, -0.1) is 0 Å². The Kier molecular flexibility index (Phi) is 6.14. The molecule has 4 nitrogen and oxygen atoms in total. The van der Waals surface area contributed by atoms with Crippen molar-refractivity contribution in [2.24, 2.45) is 0 Å². The molecule has 0 fully saturated rings. The van der Waals surface area contributed by atoms with Crippen molar-refractivity contribution in [1.82, 2.24) is 9.88 Å². The molecule has 1 aliphatic rings. The fraction of sp³-hybridized carbons (Fsp3) is 0.292. The zero-order valence-corrected chi connectivity index (χ0v) is 17.3. The number of aliphatic hydroxyl groups excluding tert-OH is 1. The lowest BCUT2D eigenvalue weighted by Crippen LogP contribution is -2.33. The summed E-state index contributed by atoms with van der Waals surface area (Å²) in [4.78, 5) is 6.93. The van der Waals surface area contributed by atoms with Gasteiger partial charge in [0, 0.05) is 43.2 Å². The Balaban J connectivity index is 1.49. The summed E-state index contributed by atoms with van der Waals surface area (Å²) in [5, 5.41) is 9.85. The van der Waals surface area contributed by atoms with Crippen LogP contribution < -0.4 is 4.74 Å². The molecule has 2 aromatic carbocycles. The molecule has 0 saturated carbocycles. The largest absolute Gasteiger partial charge is 0.473 e. The first-order chi connectivity index (χ1) is 14.2. The number of hydrogen-bond donors (Lipinski definition) is 1. The van der Waals surface area contributed by atoms with Gasteiger partial charge in [-0.25, -0.2) is 4.98 Å². The lowest BCUT2D eigenvalue weighted by Gasteiger charge is -2.27. The number of fused-ring (bicyclic) bond motifs is 1. The van der Waals surface area contributed by atoms with Crippen molar-refractivity contribution in [3.05, 3.63) is 82.0 Å². The third-order valence-electron chi connectivity index (χ3n) is 5.41. The van der Waals surface area contributed by atoms with Crippen molar-refractivity contribution in [2.45, 2.75) is 26.5 Å². The van der Waals surface area contributed by atoms with Crippen molar-refractivity contribution in [3.63, 3.8) is 0 Å². The van der Waals surface area contributed by atoms with Gasteiger partial charge in [0.25, 0.3) is 0 Å². The maximum absolute atomic E-state index is 9.13. The molecule has 1 aliphatic heterocycles. The summed E-state index contributed by atoms with van der Waals surface area (Å²) in [6, 6.07) is 18.3. The van der Waals surface area contributed by atoms with Gasteiger partial charge < -0.3 is 9.84 Å². The highest BCUT2D eigenvalue weighted by atomic mass is 35.5. The van der Waals surface area contributed by atoms with Crippen LogP contribution in [0.15, 0.2) is 54.6 Å². The Hall–Kier alpha value is -2.40. The van der Waals surface area contributed by atoms with E-state index in [1.165, 1.54) is 11.1 Å². The highest BCUT2D eigenvalue weighted by molar-refractivity contribution is 6.34. The molecule has 3 aromatic rings. The Labute approximate surface area is 176 Å². The molecule has 1 N–H and O–H groups in total. The molecule has 1 aromatic heterocycles. The number of aromatic nitrogens is 1. The van der Waals surface area contributed by atoms with Crippen LogP contribution >= 0.6 is 11.6 Å². The summed E-state index contributed by atoms with van der Waals surface area (Å²) in [5.74, 6) is 0.622. The molecular formula is C24H25ClN2O2. The molecule has 0 atom stereocenters. The van der Waals surface area contributed by atoms with Gasteiger partial charge in [0.1, 0.15) is 6.61 Å². The van der Waals surface area contributed by atoms with Gasteiger partial charge in [-0.3, -0.25) is 4.90 Å². The first-order valence-corrected chi connectivity index (χ1v) is 10.3. The summed E-state index contributed by atoms with van der Waals surface area (Å²) in [5.41, 5.74) is 6.58. The van der Waals surface area contributed by atoms with E-state index in [9.17, 15) is 0 Å². The standard InChI is InChI=1S/C24H25ClN2O2/c1-17-5-2-3-7-20(17)21-8-4-6-19(24(21)25)16-29-23-10-9-18-15-27(13-14-28)12-11-22(18)26-23/h2-10,28H,11-16H2,1H3. The molecule has 5 heteroatoms. The number of pyridine rings is 1. The second-order valence-electron chi connectivity index (χ2n) is 7.39. The first-order valence-electron chi connectivity index (χ1n) is 9.94. The third kappa shape index (κ3) is 4.45. The molecule has 2 heterocycles. The average Bonchev–Trinajstić information content (AvgIpc) is 2.74. The molecule has 0 saturated heterocycles. The van der Waals surface area contributed by atoms with Crippen LogP contribution in [0, 0.1) is 6.92 Å². The Morgan fingerprint density at radius 2 is 1.90 bits per heavy atom. The predicted octanol–water partition coefficient (Wildman–Crippen LogP) is 4.64. The summed E-state index contributed by atoms with van der Waals surface area (Å²) in [6.07, 6.45) is 0.871. The number of nitrogens with zero attached hydrogens (tertiary/aromatic N) is 2. The number of aliphatic hydroxyl groups is 1. The van der Waals surface area contributed by atoms with Gasteiger partial charge in [-0.05, 0) is 23.6 Å². The smallest absolute Gasteiger partial charge is 0.213 e. The third-order valence-corrected chi connectivity index (χ3v) is 5.85. The Morgan fingerprint density at radius 3 is 2.72 bits per heavy atom. The molecule has 0 unspecified atom stereocenters. The van der Waals surface area contributed by atoms with Crippen LogP contribution in [-0.2, 0) is 19.6 Å². The van der Waals surface area contributed by atoms with Crippen LogP contribution in [0.3, 0.4) is 0 Å². The van der Waals surface area contributed by atoms with E-state index >= 15 is 0 Å². The average molecular weight is 409 g/mol. The Bertz CT molecular complexity index is 1010. The number of benzene rings is 2. The van der Waals surface area contributed by atoms with Crippen LogP contribution in [0.4, 0.5) is 0 Å². The lowest BCUT2D eigenvalue weighted by molar-refractivity contribution is 0.183. The van der Waals surface area contributed by atoms with Crippen LogP contribution in [0.1, 0.15) is 22.4 Å². The van der Waals surface area contributed by atoms with E-state index in [1.807, 2.05) is 36.4 Å². The number of ether oxygens (including phenoxy) is 1. The molecule has 29 heavy (non-hydrogen) atoms. The van der Waals surface area contributed by atoms with E-state index in [-0.39, 0.29) is 6.61 Å². The quantitative estimate of drug-likeness (QED) is 0.645. The minimum atomic E-state index is 0.187. The molecule has 0 amide bonds. The molecule has 150 valence electrons. The Morgan fingerprint density at radius 1 is 1.07 bits per heavy atom. The van der Waals surface area contributed by atoms with Gasteiger partial charge >= 0.3 is 0 Å². The number of halogens is 1. The molecular weight excluding hydrogens is 384 g/mol. The van der Waals surface area contributed by atoms with Gasteiger partial charge in [0.15, 0.2) is 0 Å². The monoisotopic (exact) mass is 408 g/mol. The van der Waals surface area contributed by atoms with Crippen LogP contribution in [0.25, 0.3) is 11.1 Å². The molecule has 0 radical (unpaired) electrons. The molecule has 4 rings (SSSR count). The van der Waals surface area contributed by atoms with Gasteiger partial charge in [0.2, 0.25) is 5.88 Å². The van der Waals surface area contributed by atoms with Crippen molar-refractivity contribution >= 4 is 11.6 Å². The number of rotatable bonds is 6. The topological polar surface area (TPSA) is 45.6 Å². The fourth-order valence-electron chi connectivity index (χ4n) is 3.79. The van der Waals surface area contributed by atoms with E-state index < -0.39 is 0 Å². The number of aryl methyl sites for hydroxylation is 1. The summed E-state index contributed by atoms with van der Waals surface area (Å²) in [6.45, 7) is 5.09. The number of hydrogen-bond acceptors (Lipinski definition) is 4. The second kappa shape index (κ2) is 8.95. The van der Waals surface area contributed by atoms with Gasteiger partial charge in [0.05, 0.1) is 17.3 Å². The highest BCUT2D eigenvalue weighted by Crippen LogP contribution is 2.33. The van der Waals surface area contributed by atoms with Crippen molar-refractivity contribution in [2.75, 3.05) is 19.7 Å². The molecule has 0 aliphatic carbocycles. The van der Waals surface area contributed by atoms with E-state index in [0.717, 1.165) is 46.9 Å². The maximum atomic E-state index is 9.13. The highest BCUT2D eigenvalue weighted by Gasteiger charge is 2.18. The minimum Gasteiger partial charge on any atom is -0.473 e.